The number of rotatable bonds is 12. The Morgan fingerprint density at radius 1 is 0.561 bits per heavy atom. The molecule has 0 amide bonds. The molecule has 0 radical (unpaired) electrons. The van der Waals surface area contributed by atoms with Gasteiger partial charge in [-0.3, -0.25) is 28.3 Å². The highest BCUT2D eigenvalue weighted by Crippen LogP contribution is 2.38. The van der Waals surface area contributed by atoms with Gasteiger partial charge in [-0.15, -0.1) is 0 Å². The van der Waals surface area contributed by atoms with Crippen molar-refractivity contribution >= 4 is 80.1 Å². The van der Waals surface area contributed by atoms with Gasteiger partial charge in [0.25, 0.3) is 11.1 Å². The molecule has 2 aromatic heterocycles. The van der Waals surface area contributed by atoms with Crippen LogP contribution in [-0.4, -0.2) is 93.3 Å². The number of piperidine rings is 2. The second-order valence-electron chi connectivity index (χ2n) is 16.3. The number of esters is 2. The van der Waals surface area contributed by atoms with Gasteiger partial charge in [0.05, 0.1) is 66.9 Å². The fraction of sp³-hybridized carbons (Fsp3) is 0.375. The van der Waals surface area contributed by atoms with E-state index in [1.54, 1.807) is 74.5 Å². The first kappa shape index (κ1) is 48.7. The molecule has 2 saturated heterocycles. The summed E-state index contributed by atoms with van der Waals surface area (Å²) in [5.41, 5.74) is 1.43. The van der Waals surface area contributed by atoms with Crippen molar-refractivity contribution in [1.29, 1.82) is 0 Å². The molecule has 2 N–H and O–H groups in total. The van der Waals surface area contributed by atoms with Crippen LogP contribution >= 0.6 is 46.4 Å². The van der Waals surface area contributed by atoms with Crippen molar-refractivity contribution in [1.82, 2.24) is 28.9 Å². The summed E-state index contributed by atoms with van der Waals surface area (Å²) in [7, 11) is 0. The van der Waals surface area contributed by atoms with Gasteiger partial charge in [0, 0.05) is 39.3 Å². The van der Waals surface area contributed by atoms with E-state index in [4.69, 9.17) is 55.9 Å². The number of nitrogens with one attached hydrogen (secondary N) is 2. The molecule has 14 nitrogen and oxygen atoms in total. The number of H-pyrrole nitrogens is 2. The molecule has 4 aromatic carbocycles. The fourth-order valence-corrected chi connectivity index (χ4v) is 9.61. The van der Waals surface area contributed by atoms with Gasteiger partial charge in [-0.2, -0.15) is 0 Å². The molecular formula is C48H50Cl4N6O8. The molecule has 0 saturated carbocycles. The van der Waals surface area contributed by atoms with Gasteiger partial charge in [0.1, 0.15) is 0 Å². The molecule has 2 fully saturated rings. The van der Waals surface area contributed by atoms with Gasteiger partial charge < -0.3 is 29.2 Å². The summed E-state index contributed by atoms with van der Waals surface area (Å²) in [6.07, 6.45) is 1.43. The van der Waals surface area contributed by atoms with Crippen molar-refractivity contribution in [3.63, 3.8) is 0 Å². The monoisotopic (exact) mass is 978 g/mol. The van der Waals surface area contributed by atoms with E-state index in [0.29, 0.717) is 107 Å². The molecule has 4 heterocycles. The van der Waals surface area contributed by atoms with Crippen molar-refractivity contribution in [2.24, 2.45) is 11.8 Å². The van der Waals surface area contributed by atoms with Gasteiger partial charge in [0.2, 0.25) is 0 Å². The molecule has 4 atom stereocenters. The number of nitrogens with zero attached hydrogens (tertiary/aromatic N) is 4. The van der Waals surface area contributed by atoms with Crippen LogP contribution in [0.15, 0.2) is 104 Å². The number of carbonyl (C=O) groups is 2. The maximum absolute atomic E-state index is 12.8. The molecule has 66 heavy (non-hydrogen) atoms. The number of hydrogen-bond acceptors (Lipinski definition) is 10. The standard InChI is InChI=1S/2C24H25Cl2N3O4/c2*1-2-33-23(31)18-14-28(10-9-16(18)15-7-8-19(25)20(26)13-15)11-12-29-22(30)17-5-3-4-6-21(17)27-24(29)32/h2*3-8,13,16,18H,2,9-12,14H2,1H3,(H,27,32)/t16-,18+;16-,18-/m00/s1. The molecular weight excluding hydrogens is 930 g/mol. The minimum atomic E-state index is -0.439. The number of carbonyl (C=O) groups excluding carboxylic acids is 2. The van der Waals surface area contributed by atoms with Crippen molar-refractivity contribution in [2.75, 3.05) is 52.5 Å². The molecule has 8 rings (SSSR count). The second kappa shape index (κ2) is 22.1. The average molecular weight is 981 g/mol. The zero-order valence-corrected chi connectivity index (χ0v) is 39.5. The van der Waals surface area contributed by atoms with Crippen LogP contribution in [0.2, 0.25) is 20.1 Å². The number of hydrogen-bond donors (Lipinski definition) is 2. The Balaban J connectivity index is 0.000000196. The van der Waals surface area contributed by atoms with Gasteiger partial charge in [-0.1, -0.05) is 82.8 Å². The quantitative estimate of drug-likeness (QED) is 0.119. The lowest BCUT2D eigenvalue weighted by atomic mass is 9.80. The Bertz CT molecular complexity index is 2770. The minimum absolute atomic E-state index is 0.0538. The third-order valence-electron chi connectivity index (χ3n) is 12.4. The molecule has 6 aromatic rings. The number of benzene rings is 4. The van der Waals surface area contributed by atoms with E-state index < -0.39 is 11.4 Å². The molecule has 2 aliphatic rings. The lowest BCUT2D eigenvalue weighted by Crippen LogP contribution is -2.46. The SMILES string of the molecule is CCOC(=O)[C@@H]1CN(CCn2c(=O)[nH]c3ccccc3c2=O)CC[C@H]1c1ccc(Cl)c(Cl)c1.CCOC(=O)[C@H]1CN(CCn2c(=O)[nH]c3ccccc3c2=O)CC[C@H]1c1ccc(Cl)c(Cl)c1. The summed E-state index contributed by atoms with van der Waals surface area (Å²) >= 11 is 24.6. The first-order valence-electron chi connectivity index (χ1n) is 21.9. The number of fused-ring (bicyclic) bond motifs is 2. The van der Waals surface area contributed by atoms with Gasteiger partial charge in [0.15, 0.2) is 0 Å². The summed E-state index contributed by atoms with van der Waals surface area (Å²) in [5.74, 6) is -1.41. The maximum Gasteiger partial charge on any atom is 0.328 e. The maximum atomic E-state index is 12.8. The van der Waals surface area contributed by atoms with E-state index in [9.17, 15) is 28.8 Å². The number of likely N-dealkylation sites (tertiary alicyclic amines) is 2. The Morgan fingerprint density at radius 3 is 1.33 bits per heavy atom. The van der Waals surface area contributed by atoms with Crippen molar-refractivity contribution in [3.8, 4) is 0 Å². The third kappa shape index (κ3) is 11.1. The van der Waals surface area contributed by atoms with Crippen molar-refractivity contribution < 1.29 is 19.1 Å². The van der Waals surface area contributed by atoms with Crippen LogP contribution in [0.25, 0.3) is 21.8 Å². The summed E-state index contributed by atoms with van der Waals surface area (Å²) in [4.78, 5) is 85.8. The lowest BCUT2D eigenvalue weighted by molar-refractivity contribution is -0.151. The van der Waals surface area contributed by atoms with Gasteiger partial charge in [-0.05, 0) is 111 Å². The average Bonchev–Trinajstić information content (AvgIpc) is 3.31. The highest BCUT2D eigenvalue weighted by atomic mass is 35.5. The van der Waals surface area contributed by atoms with E-state index in [1.807, 2.05) is 24.3 Å². The highest BCUT2D eigenvalue weighted by molar-refractivity contribution is 6.42. The molecule has 18 heteroatoms. The topological polar surface area (TPSA) is 169 Å². The van der Waals surface area contributed by atoms with E-state index in [-0.39, 0.29) is 59.8 Å². The Labute approximate surface area is 399 Å². The smallest absolute Gasteiger partial charge is 0.328 e. The van der Waals surface area contributed by atoms with Crippen molar-refractivity contribution in [3.05, 3.63) is 158 Å². The first-order chi connectivity index (χ1) is 31.8. The van der Waals surface area contributed by atoms with Gasteiger partial charge >= 0.3 is 23.3 Å². The normalized spacial score (nSPS) is 19.0. The number of halogens is 4. The Morgan fingerprint density at radius 2 is 0.955 bits per heavy atom. The van der Waals surface area contributed by atoms with E-state index >= 15 is 0 Å². The summed E-state index contributed by atoms with van der Waals surface area (Å²) in [6.45, 7) is 7.89. The predicted molar refractivity (Wildman–Crippen MR) is 258 cm³/mol. The van der Waals surface area contributed by atoms with E-state index in [0.717, 1.165) is 11.1 Å². The van der Waals surface area contributed by atoms with Crippen LogP contribution in [0.3, 0.4) is 0 Å². The van der Waals surface area contributed by atoms with Crippen molar-refractivity contribution in [2.45, 2.75) is 51.6 Å². The molecule has 348 valence electrons. The second-order valence-corrected chi connectivity index (χ2v) is 17.9. The minimum Gasteiger partial charge on any atom is -0.466 e. The predicted octanol–water partition coefficient (Wildman–Crippen LogP) is 7.33. The molecule has 0 spiro atoms. The number of para-hydroxylation sites is 2. The number of ether oxygens (including phenoxy) is 2. The summed E-state index contributed by atoms with van der Waals surface area (Å²) in [6, 6.07) is 24.8. The molecule has 0 unspecified atom stereocenters. The van der Waals surface area contributed by atoms with E-state index in [2.05, 4.69) is 19.8 Å². The fourth-order valence-electron chi connectivity index (χ4n) is 8.99. The highest BCUT2D eigenvalue weighted by Gasteiger charge is 2.38. The molecule has 2 aliphatic heterocycles. The number of aromatic amines is 2. The van der Waals surface area contributed by atoms with Crippen LogP contribution in [0.5, 0.6) is 0 Å². The third-order valence-corrected chi connectivity index (χ3v) is 13.9. The van der Waals surface area contributed by atoms with E-state index in [1.165, 1.54) is 9.13 Å². The zero-order valence-electron chi connectivity index (χ0n) is 36.4. The summed E-state index contributed by atoms with van der Waals surface area (Å²) in [5, 5.41) is 2.79. The Hall–Kier alpha value is -5.22. The summed E-state index contributed by atoms with van der Waals surface area (Å²) < 4.78 is 13.1. The molecule has 0 bridgehead atoms. The van der Waals surface area contributed by atoms with Crippen LogP contribution in [0.4, 0.5) is 0 Å². The van der Waals surface area contributed by atoms with Gasteiger partial charge in [-0.25, -0.2) is 9.59 Å². The number of aromatic nitrogens is 4. The van der Waals surface area contributed by atoms with Crippen LogP contribution < -0.4 is 22.5 Å². The zero-order chi connectivity index (χ0) is 47.1. The van der Waals surface area contributed by atoms with Crippen LogP contribution in [0, 0.1) is 11.8 Å². The van der Waals surface area contributed by atoms with Crippen LogP contribution in [0.1, 0.15) is 49.7 Å². The van der Waals surface area contributed by atoms with Crippen LogP contribution in [-0.2, 0) is 32.2 Å². The largest absolute Gasteiger partial charge is 0.466 e. The molecule has 0 aliphatic carbocycles. The lowest BCUT2D eigenvalue weighted by Gasteiger charge is -2.37. The Kier molecular flexibility index (Phi) is 16.3. The first-order valence-corrected chi connectivity index (χ1v) is 23.4.